The summed E-state index contributed by atoms with van der Waals surface area (Å²) in [6.07, 6.45) is 1.73. The summed E-state index contributed by atoms with van der Waals surface area (Å²) in [6, 6.07) is 11.0. The average Bonchev–Trinajstić information content (AvgIpc) is 2.48. The number of nitrogen functional groups attached to an aromatic ring is 1. The molecule has 0 aliphatic heterocycles. The normalized spacial score (nSPS) is 10.3. The van der Waals surface area contributed by atoms with Crippen molar-refractivity contribution in [3.05, 3.63) is 58.3 Å². The van der Waals surface area contributed by atoms with Crippen molar-refractivity contribution in [2.24, 2.45) is 0 Å². The lowest BCUT2D eigenvalue weighted by Gasteiger charge is -2.21. The summed E-state index contributed by atoms with van der Waals surface area (Å²) < 4.78 is 0.643. The number of halogens is 1. The van der Waals surface area contributed by atoms with Crippen LogP contribution in [0, 0.1) is 0 Å². The largest absolute Gasteiger partial charge is 0.398 e. The van der Waals surface area contributed by atoms with E-state index in [0.717, 1.165) is 5.69 Å². The first kappa shape index (κ1) is 14.5. The van der Waals surface area contributed by atoms with Gasteiger partial charge in [-0.05, 0) is 47.1 Å². The number of pyridine rings is 1. The van der Waals surface area contributed by atoms with Crippen molar-refractivity contribution >= 4 is 27.5 Å². The van der Waals surface area contributed by atoms with E-state index in [4.69, 9.17) is 5.73 Å². The topological polar surface area (TPSA) is 59.2 Å². The molecular weight excluding hydrogens is 318 g/mol. The highest BCUT2D eigenvalue weighted by Gasteiger charge is 2.18. The molecule has 0 unspecified atom stereocenters. The molecule has 0 atom stereocenters. The highest BCUT2D eigenvalue weighted by molar-refractivity contribution is 9.10. The van der Waals surface area contributed by atoms with Gasteiger partial charge >= 0.3 is 0 Å². The number of amides is 1. The van der Waals surface area contributed by atoms with E-state index in [0.29, 0.717) is 28.8 Å². The summed E-state index contributed by atoms with van der Waals surface area (Å²) in [5, 5.41) is 0. The third kappa shape index (κ3) is 3.17. The summed E-state index contributed by atoms with van der Waals surface area (Å²) in [6.45, 7) is 3.04. The van der Waals surface area contributed by atoms with Gasteiger partial charge in [0.1, 0.15) is 0 Å². The molecular formula is C15H16BrN3O. The molecule has 2 rings (SSSR count). The van der Waals surface area contributed by atoms with Crippen molar-refractivity contribution in [1.29, 1.82) is 0 Å². The van der Waals surface area contributed by atoms with Gasteiger partial charge in [0.25, 0.3) is 5.91 Å². The molecule has 0 bridgehead atoms. The molecule has 5 heteroatoms. The first-order valence-electron chi connectivity index (χ1n) is 6.36. The summed E-state index contributed by atoms with van der Waals surface area (Å²) in [5.41, 5.74) is 7.82. The predicted octanol–water partition coefficient (Wildman–Crippen LogP) is 3.09. The van der Waals surface area contributed by atoms with Crippen LogP contribution in [0.5, 0.6) is 0 Å². The second kappa shape index (κ2) is 6.52. The number of aromatic nitrogens is 1. The molecule has 104 valence electrons. The van der Waals surface area contributed by atoms with Crippen LogP contribution in [0.3, 0.4) is 0 Å². The fourth-order valence-electron chi connectivity index (χ4n) is 1.90. The number of hydrogen-bond donors (Lipinski definition) is 1. The first-order chi connectivity index (χ1) is 9.63. The third-order valence-electron chi connectivity index (χ3n) is 3.01. The number of nitrogens with two attached hydrogens (primary N) is 1. The molecule has 20 heavy (non-hydrogen) atoms. The van der Waals surface area contributed by atoms with E-state index < -0.39 is 0 Å². The van der Waals surface area contributed by atoms with Crippen LogP contribution in [0.15, 0.2) is 47.1 Å². The molecule has 0 saturated heterocycles. The molecule has 1 aromatic carbocycles. The number of rotatable bonds is 4. The minimum Gasteiger partial charge on any atom is -0.398 e. The zero-order valence-electron chi connectivity index (χ0n) is 11.2. The lowest BCUT2D eigenvalue weighted by atomic mass is 10.1. The Morgan fingerprint density at radius 3 is 2.75 bits per heavy atom. The van der Waals surface area contributed by atoms with Crippen LogP contribution in [0.1, 0.15) is 23.0 Å². The van der Waals surface area contributed by atoms with Crippen molar-refractivity contribution in [2.45, 2.75) is 13.5 Å². The average molecular weight is 334 g/mol. The second-order valence-corrected chi connectivity index (χ2v) is 5.14. The molecule has 1 aromatic heterocycles. The summed E-state index contributed by atoms with van der Waals surface area (Å²) in [5.74, 6) is -0.0580. The van der Waals surface area contributed by atoms with Gasteiger partial charge in [-0.2, -0.15) is 0 Å². The monoisotopic (exact) mass is 333 g/mol. The van der Waals surface area contributed by atoms with E-state index in [1.165, 1.54) is 0 Å². The number of carbonyl (C=O) groups is 1. The number of hydrogen-bond acceptors (Lipinski definition) is 3. The molecule has 0 spiro atoms. The van der Waals surface area contributed by atoms with Gasteiger partial charge in [0.15, 0.2) is 0 Å². The zero-order valence-corrected chi connectivity index (χ0v) is 12.8. The molecule has 0 aliphatic carbocycles. The van der Waals surface area contributed by atoms with Crippen LogP contribution in [0.2, 0.25) is 0 Å². The van der Waals surface area contributed by atoms with E-state index in [1.54, 1.807) is 29.3 Å². The maximum absolute atomic E-state index is 12.6. The highest BCUT2D eigenvalue weighted by atomic mass is 79.9. The Hall–Kier alpha value is -1.88. The minimum absolute atomic E-state index is 0.0580. The van der Waals surface area contributed by atoms with E-state index in [2.05, 4.69) is 20.9 Å². The van der Waals surface area contributed by atoms with Gasteiger partial charge in [-0.15, -0.1) is 0 Å². The van der Waals surface area contributed by atoms with Crippen LogP contribution in [0.4, 0.5) is 5.69 Å². The van der Waals surface area contributed by atoms with Crippen molar-refractivity contribution < 1.29 is 4.79 Å². The number of anilines is 1. The van der Waals surface area contributed by atoms with Crippen LogP contribution in [-0.4, -0.2) is 22.3 Å². The van der Waals surface area contributed by atoms with Crippen LogP contribution in [0.25, 0.3) is 0 Å². The van der Waals surface area contributed by atoms with Gasteiger partial charge in [-0.1, -0.05) is 12.1 Å². The highest BCUT2D eigenvalue weighted by Crippen LogP contribution is 2.25. The quantitative estimate of drug-likeness (QED) is 0.874. The van der Waals surface area contributed by atoms with Crippen LogP contribution in [-0.2, 0) is 6.54 Å². The Labute approximate surface area is 126 Å². The number of benzene rings is 1. The Balaban J connectivity index is 2.23. The maximum Gasteiger partial charge on any atom is 0.255 e. The summed E-state index contributed by atoms with van der Waals surface area (Å²) in [7, 11) is 0. The molecule has 0 aliphatic rings. The van der Waals surface area contributed by atoms with Gasteiger partial charge < -0.3 is 10.6 Å². The zero-order chi connectivity index (χ0) is 14.5. The van der Waals surface area contributed by atoms with Crippen molar-refractivity contribution in [3.8, 4) is 0 Å². The smallest absolute Gasteiger partial charge is 0.255 e. The summed E-state index contributed by atoms with van der Waals surface area (Å²) in [4.78, 5) is 18.6. The minimum atomic E-state index is -0.0580. The SMILES string of the molecule is CCN(Cc1ccccn1)C(=O)c1cccc(N)c1Br. The van der Waals surface area contributed by atoms with E-state index in [9.17, 15) is 4.79 Å². The number of carbonyl (C=O) groups excluding carboxylic acids is 1. The van der Waals surface area contributed by atoms with E-state index >= 15 is 0 Å². The Morgan fingerprint density at radius 2 is 2.10 bits per heavy atom. The van der Waals surface area contributed by atoms with Crippen molar-refractivity contribution in [1.82, 2.24) is 9.88 Å². The van der Waals surface area contributed by atoms with E-state index in [-0.39, 0.29) is 5.91 Å². The summed E-state index contributed by atoms with van der Waals surface area (Å²) >= 11 is 3.38. The van der Waals surface area contributed by atoms with Crippen molar-refractivity contribution in [3.63, 3.8) is 0 Å². The van der Waals surface area contributed by atoms with E-state index in [1.807, 2.05) is 25.1 Å². The molecule has 4 nitrogen and oxygen atoms in total. The fourth-order valence-corrected chi connectivity index (χ4v) is 2.33. The molecule has 0 saturated carbocycles. The molecule has 2 aromatic rings. The van der Waals surface area contributed by atoms with Gasteiger partial charge in [-0.3, -0.25) is 9.78 Å². The lowest BCUT2D eigenvalue weighted by Crippen LogP contribution is -2.31. The van der Waals surface area contributed by atoms with Crippen molar-refractivity contribution in [2.75, 3.05) is 12.3 Å². The Bertz CT molecular complexity index is 601. The molecule has 1 heterocycles. The third-order valence-corrected chi connectivity index (χ3v) is 3.89. The Kier molecular flexibility index (Phi) is 4.74. The Morgan fingerprint density at radius 1 is 1.30 bits per heavy atom. The van der Waals surface area contributed by atoms with Gasteiger partial charge in [0.05, 0.1) is 22.3 Å². The molecule has 2 N–H and O–H groups in total. The van der Waals surface area contributed by atoms with Gasteiger partial charge in [0, 0.05) is 18.4 Å². The van der Waals surface area contributed by atoms with Gasteiger partial charge in [-0.25, -0.2) is 0 Å². The first-order valence-corrected chi connectivity index (χ1v) is 7.16. The standard InChI is InChI=1S/C15H16BrN3O/c1-2-19(10-11-6-3-4-9-18-11)15(20)12-7-5-8-13(17)14(12)16/h3-9H,2,10,17H2,1H3. The van der Waals surface area contributed by atoms with Gasteiger partial charge in [0.2, 0.25) is 0 Å². The predicted molar refractivity (Wildman–Crippen MR) is 83.2 cm³/mol. The van der Waals surface area contributed by atoms with Crippen LogP contribution < -0.4 is 5.73 Å². The molecule has 1 amide bonds. The van der Waals surface area contributed by atoms with Crippen LogP contribution >= 0.6 is 15.9 Å². The lowest BCUT2D eigenvalue weighted by molar-refractivity contribution is 0.0750. The molecule has 0 fully saturated rings. The molecule has 0 radical (unpaired) electrons. The second-order valence-electron chi connectivity index (χ2n) is 4.35. The maximum atomic E-state index is 12.6. The fraction of sp³-hybridized carbons (Fsp3) is 0.200. The number of nitrogens with zero attached hydrogens (tertiary/aromatic N) is 2.